The first-order valence-electron chi connectivity index (χ1n) is 6.70. The van der Waals surface area contributed by atoms with Gasteiger partial charge in [0.25, 0.3) is 0 Å². The molecule has 0 radical (unpaired) electrons. The van der Waals surface area contributed by atoms with Crippen molar-refractivity contribution in [1.29, 1.82) is 0 Å². The lowest BCUT2D eigenvalue weighted by molar-refractivity contribution is -0.121. The Morgan fingerprint density at radius 1 is 1.16 bits per heavy atom. The van der Waals surface area contributed by atoms with Crippen molar-refractivity contribution in [3.8, 4) is 0 Å². The first-order chi connectivity index (χ1) is 8.67. The molecule has 0 atom stereocenters. The molecule has 0 aromatic heterocycles. The number of imide groups is 1. The molecule has 1 saturated heterocycles. The Kier molecular flexibility index (Phi) is 6.54. The van der Waals surface area contributed by atoms with Gasteiger partial charge in [0.15, 0.2) is 0 Å². The van der Waals surface area contributed by atoms with Gasteiger partial charge in [-0.3, -0.25) is 15.0 Å². The van der Waals surface area contributed by atoms with E-state index in [1.807, 2.05) is 0 Å². The highest BCUT2D eigenvalue weighted by molar-refractivity contribution is 5.95. The summed E-state index contributed by atoms with van der Waals surface area (Å²) >= 11 is 0. The van der Waals surface area contributed by atoms with Crippen LogP contribution in [0.2, 0.25) is 0 Å². The summed E-state index contributed by atoms with van der Waals surface area (Å²) in [6.45, 7) is 2.80. The van der Waals surface area contributed by atoms with E-state index in [0.29, 0.717) is 12.5 Å². The van der Waals surface area contributed by atoms with E-state index in [4.69, 9.17) is 5.73 Å². The summed E-state index contributed by atoms with van der Waals surface area (Å²) in [5, 5.41) is 5.10. The van der Waals surface area contributed by atoms with Crippen LogP contribution < -0.4 is 16.4 Å². The number of nitrogens with one attached hydrogen (secondary N) is 2. The summed E-state index contributed by atoms with van der Waals surface area (Å²) < 4.78 is 0. The number of likely N-dealkylation sites (tertiary alicyclic amines) is 1. The zero-order chi connectivity index (χ0) is 13.0. The van der Waals surface area contributed by atoms with Crippen molar-refractivity contribution in [3.63, 3.8) is 0 Å². The molecule has 4 N–H and O–H groups in total. The summed E-state index contributed by atoms with van der Waals surface area (Å²) in [6.07, 6.45) is 4.12. The number of hydrogen-bond donors (Lipinski definition) is 3. The van der Waals surface area contributed by atoms with Crippen LogP contribution in [0.15, 0.2) is 0 Å². The van der Waals surface area contributed by atoms with E-state index in [2.05, 4.69) is 15.5 Å². The first kappa shape index (κ1) is 16.2. The lowest BCUT2D eigenvalue weighted by Crippen LogP contribution is -2.47. The second-order valence-corrected chi connectivity index (χ2v) is 5.25. The van der Waals surface area contributed by atoms with Gasteiger partial charge in [-0.25, -0.2) is 4.79 Å². The molecule has 2 rings (SSSR count). The number of carbonyl (C=O) groups excluding carboxylic acids is 2. The zero-order valence-corrected chi connectivity index (χ0v) is 11.9. The normalized spacial score (nSPS) is 20.5. The molecule has 0 aromatic carbocycles. The van der Waals surface area contributed by atoms with E-state index in [1.54, 1.807) is 0 Å². The number of piperidine rings is 1. The lowest BCUT2D eigenvalue weighted by Gasteiger charge is -2.30. The minimum atomic E-state index is -0.362. The van der Waals surface area contributed by atoms with E-state index in [1.165, 1.54) is 0 Å². The van der Waals surface area contributed by atoms with Crippen molar-refractivity contribution < 1.29 is 9.59 Å². The van der Waals surface area contributed by atoms with Crippen LogP contribution in [-0.4, -0.2) is 49.1 Å². The Labute approximate surface area is 119 Å². The number of nitrogens with two attached hydrogens (primary N) is 1. The zero-order valence-electron chi connectivity index (χ0n) is 11.1. The SMILES string of the molecule is Cl.NCC1CCN(CC(=O)NC(=O)NC2CC2)CC1. The highest BCUT2D eigenvalue weighted by Gasteiger charge is 2.25. The van der Waals surface area contributed by atoms with Gasteiger partial charge in [0, 0.05) is 6.04 Å². The van der Waals surface area contributed by atoms with Gasteiger partial charge < -0.3 is 11.1 Å². The van der Waals surface area contributed by atoms with Crippen LogP contribution in [-0.2, 0) is 4.79 Å². The molecule has 0 bridgehead atoms. The molecule has 6 nitrogen and oxygen atoms in total. The molecular formula is C12H23ClN4O2. The minimum Gasteiger partial charge on any atom is -0.335 e. The number of nitrogens with zero attached hydrogens (tertiary/aromatic N) is 1. The monoisotopic (exact) mass is 290 g/mol. The summed E-state index contributed by atoms with van der Waals surface area (Å²) in [7, 11) is 0. The van der Waals surface area contributed by atoms with Crippen molar-refractivity contribution in [2.24, 2.45) is 11.7 Å². The molecule has 110 valence electrons. The predicted molar refractivity (Wildman–Crippen MR) is 75.2 cm³/mol. The summed E-state index contributed by atoms with van der Waals surface area (Å²) in [6, 6.07) is -0.0857. The maximum absolute atomic E-state index is 11.6. The maximum atomic E-state index is 11.6. The smallest absolute Gasteiger partial charge is 0.321 e. The van der Waals surface area contributed by atoms with E-state index in [-0.39, 0.29) is 30.4 Å². The van der Waals surface area contributed by atoms with E-state index < -0.39 is 0 Å². The topological polar surface area (TPSA) is 87.5 Å². The maximum Gasteiger partial charge on any atom is 0.321 e. The minimum absolute atomic E-state index is 0. The van der Waals surface area contributed by atoms with Crippen LogP contribution in [0.5, 0.6) is 0 Å². The Morgan fingerprint density at radius 2 is 1.79 bits per heavy atom. The molecular weight excluding hydrogens is 268 g/mol. The fourth-order valence-electron chi connectivity index (χ4n) is 2.20. The second-order valence-electron chi connectivity index (χ2n) is 5.25. The van der Waals surface area contributed by atoms with Crippen LogP contribution in [0.25, 0.3) is 0 Å². The van der Waals surface area contributed by atoms with Crippen LogP contribution in [0, 0.1) is 5.92 Å². The fourth-order valence-corrected chi connectivity index (χ4v) is 2.20. The molecule has 2 fully saturated rings. The molecule has 1 aliphatic heterocycles. The van der Waals surface area contributed by atoms with Crippen LogP contribution >= 0.6 is 12.4 Å². The highest BCUT2D eigenvalue weighted by atomic mass is 35.5. The van der Waals surface area contributed by atoms with Crippen molar-refractivity contribution in [3.05, 3.63) is 0 Å². The quantitative estimate of drug-likeness (QED) is 0.684. The average molecular weight is 291 g/mol. The van der Waals surface area contributed by atoms with Gasteiger partial charge >= 0.3 is 6.03 Å². The van der Waals surface area contributed by atoms with Crippen LogP contribution in [0.3, 0.4) is 0 Å². The number of rotatable bonds is 4. The van der Waals surface area contributed by atoms with Gasteiger partial charge in [0.2, 0.25) is 5.91 Å². The molecule has 0 aromatic rings. The van der Waals surface area contributed by atoms with E-state index >= 15 is 0 Å². The molecule has 19 heavy (non-hydrogen) atoms. The number of halogens is 1. The van der Waals surface area contributed by atoms with E-state index in [9.17, 15) is 9.59 Å². The highest BCUT2D eigenvalue weighted by Crippen LogP contribution is 2.18. The number of hydrogen-bond acceptors (Lipinski definition) is 4. The van der Waals surface area contributed by atoms with Crippen molar-refractivity contribution >= 4 is 24.3 Å². The average Bonchev–Trinajstić information content (AvgIpc) is 3.13. The Bertz CT molecular complexity index is 315. The first-order valence-corrected chi connectivity index (χ1v) is 6.70. The van der Waals surface area contributed by atoms with Gasteiger partial charge in [-0.1, -0.05) is 0 Å². The molecule has 1 saturated carbocycles. The van der Waals surface area contributed by atoms with Gasteiger partial charge in [-0.2, -0.15) is 0 Å². The van der Waals surface area contributed by atoms with Crippen LogP contribution in [0.4, 0.5) is 4.79 Å². The largest absolute Gasteiger partial charge is 0.335 e. The lowest BCUT2D eigenvalue weighted by atomic mass is 9.97. The van der Waals surface area contributed by atoms with Gasteiger partial charge in [0.05, 0.1) is 6.54 Å². The Hall–Kier alpha value is -0.850. The number of amides is 3. The number of carbonyl (C=O) groups is 2. The third-order valence-electron chi connectivity index (χ3n) is 3.57. The van der Waals surface area contributed by atoms with Gasteiger partial charge in [-0.15, -0.1) is 12.4 Å². The van der Waals surface area contributed by atoms with Crippen molar-refractivity contribution in [2.75, 3.05) is 26.2 Å². The van der Waals surface area contributed by atoms with Crippen molar-refractivity contribution in [1.82, 2.24) is 15.5 Å². The Morgan fingerprint density at radius 3 is 2.32 bits per heavy atom. The van der Waals surface area contributed by atoms with Gasteiger partial charge in [0.1, 0.15) is 0 Å². The molecule has 1 aliphatic carbocycles. The van der Waals surface area contributed by atoms with E-state index in [0.717, 1.165) is 45.3 Å². The molecule has 0 spiro atoms. The summed E-state index contributed by atoms with van der Waals surface area (Å²) in [5.74, 6) is 0.363. The molecule has 3 amide bonds. The van der Waals surface area contributed by atoms with Gasteiger partial charge in [-0.05, 0) is 51.2 Å². The summed E-state index contributed by atoms with van der Waals surface area (Å²) in [4.78, 5) is 25.1. The van der Waals surface area contributed by atoms with Crippen molar-refractivity contribution in [2.45, 2.75) is 31.7 Å². The number of urea groups is 1. The fraction of sp³-hybridized carbons (Fsp3) is 0.833. The third-order valence-corrected chi connectivity index (χ3v) is 3.57. The predicted octanol–water partition coefficient (Wildman–Crippen LogP) is 0.0671. The molecule has 7 heteroatoms. The second kappa shape index (κ2) is 7.67. The molecule has 2 aliphatic rings. The standard InChI is InChI=1S/C12H22N4O2.ClH/c13-7-9-3-5-16(6-4-9)8-11(17)15-12(18)14-10-1-2-10;/h9-10H,1-8,13H2,(H2,14,15,17,18);1H. The molecule has 0 unspecified atom stereocenters. The summed E-state index contributed by atoms with van der Waals surface area (Å²) in [5.41, 5.74) is 5.62. The third kappa shape index (κ3) is 5.76. The van der Waals surface area contributed by atoms with Crippen LogP contribution in [0.1, 0.15) is 25.7 Å². The molecule has 1 heterocycles. The Balaban J connectivity index is 0.00000180.